The van der Waals surface area contributed by atoms with Crippen LogP contribution in [0, 0.1) is 12.7 Å². The number of rotatable bonds is 7. The zero-order valence-corrected chi connectivity index (χ0v) is 16.2. The van der Waals surface area contributed by atoms with Crippen molar-refractivity contribution in [3.05, 3.63) is 71.1 Å². The predicted octanol–water partition coefficient (Wildman–Crippen LogP) is 2.98. The lowest BCUT2D eigenvalue weighted by molar-refractivity contribution is -0.109. The summed E-state index contributed by atoms with van der Waals surface area (Å²) >= 11 is 0. The Morgan fingerprint density at radius 1 is 1.24 bits per heavy atom. The highest BCUT2D eigenvalue weighted by molar-refractivity contribution is 5.63. The van der Waals surface area contributed by atoms with Crippen LogP contribution in [0.3, 0.4) is 0 Å². The highest BCUT2D eigenvalue weighted by atomic mass is 19.1. The van der Waals surface area contributed by atoms with Crippen LogP contribution < -0.4 is 16.1 Å². The molecule has 0 aliphatic heterocycles. The van der Waals surface area contributed by atoms with Crippen molar-refractivity contribution in [3.8, 4) is 11.3 Å². The maximum Gasteiger partial charge on any atom is 0.207 e. The van der Waals surface area contributed by atoms with Crippen molar-refractivity contribution < 1.29 is 9.18 Å². The molecule has 2 N–H and O–H groups in total. The first-order valence-corrected chi connectivity index (χ1v) is 8.88. The van der Waals surface area contributed by atoms with E-state index in [1.54, 1.807) is 30.1 Å². The second-order valence-electron chi connectivity index (χ2n) is 6.26. The van der Waals surface area contributed by atoms with Crippen molar-refractivity contribution in [3.63, 3.8) is 0 Å². The minimum absolute atomic E-state index is 0.318. The highest BCUT2D eigenvalue weighted by Crippen LogP contribution is 2.22. The molecule has 0 saturated carbocycles. The molecule has 0 bridgehead atoms. The molecule has 0 unspecified atom stereocenters. The fourth-order valence-corrected chi connectivity index (χ4v) is 2.92. The van der Waals surface area contributed by atoms with Gasteiger partial charge in [-0.25, -0.2) is 14.1 Å². The molecule has 2 aromatic carbocycles. The fraction of sp³-hybridized carbons (Fsp3) is 0.143. The Balaban J connectivity index is 2.06. The first-order valence-electron chi connectivity index (χ1n) is 8.88. The Morgan fingerprint density at radius 3 is 2.66 bits per heavy atom. The number of hydrogen-bond acceptors (Lipinski definition) is 5. The molecule has 8 heteroatoms. The van der Waals surface area contributed by atoms with Crippen molar-refractivity contribution in [1.29, 1.82) is 0 Å². The molecular weight excluding hydrogens is 371 g/mol. The molecule has 0 aliphatic carbocycles. The van der Waals surface area contributed by atoms with Crippen LogP contribution in [-0.4, -0.2) is 29.8 Å². The minimum atomic E-state index is -0.318. The van der Waals surface area contributed by atoms with Crippen LogP contribution in [0.25, 0.3) is 11.3 Å². The number of benzene rings is 2. The van der Waals surface area contributed by atoms with Crippen LogP contribution in [0.2, 0.25) is 0 Å². The lowest BCUT2D eigenvalue weighted by Crippen LogP contribution is -2.24. The van der Waals surface area contributed by atoms with Crippen molar-refractivity contribution in [2.24, 2.45) is 10.1 Å². The van der Waals surface area contributed by atoms with Crippen LogP contribution in [0.4, 0.5) is 15.9 Å². The highest BCUT2D eigenvalue weighted by Gasteiger charge is 2.12. The Bertz CT molecular complexity index is 1110. The van der Waals surface area contributed by atoms with Gasteiger partial charge in [-0.15, -0.1) is 0 Å². The largest absolute Gasteiger partial charge is 0.355 e. The summed E-state index contributed by atoms with van der Waals surface area (Å²) in [5, 5.41) is 9.91. The molecule has 0 fully saturated rings. The minimum Gasteiger partial charge on any atom is -0.355 e. The molecule has 1 heterocycles. The fourth-order valence-electron chi connectivity index (χ4n) is 2.92. The van der Waals surface area contributed by atoms with Gasteiger partial charge in [0.2, 0.25) is 6.41 Å². The summed E-state index contributed by atoms with van der Waals surface area (Å²) in [5.74, 6) is 0.145. The molecule has 29 heavy (non-hydrogen) atoms. The average molecular weight is 392 g/mol. The lowest BCUT2D eigenvalue weighted by atomic mass is 10.0. The standard InChI is InChI=1S/C21H21FN6O/c1-14-4-5-15(10-16(14)11-25-13-29)19-12-26-20(21(23-2)28(19)24-3)27-18-8-6-17(22)7-9-18/h4-10,12-13H,3,11H2,1-2H3,(H,25,29)(H,26,27). The predicted molar refractivity (Wildman–Crippen MR) is 111 cm³/mol. The van der Waals surface area contributed by atoms with Crippen LogP contribution in [-0.2, 0) is 11.3 Å². The van der Waals surface area contributed by atoms with E-state index in [2.05, 4.69) is 32.4 Å². The van der Waals surface area contributed by atoms with Gasteiger partial charge in [-0.1, -0.05) is 12.1 Å². The molecule has 0 aliphatic rings. The monoisotopic (exact) mass is 392 g/mol. The summed E-state index contributed by atoms with van der Waals surface area (Å²) in [6.07, 6.45) is 2.33. The van der Waals surface area contributed by atoms with Crippen molar-refractivity contribution in [1.82, 2.24) is 15.0 Å². The third kappa shape index (κ3) is 4.37. The second kappa shape index (κ2) is 8.92. The summed E-state index contributed by atoms with van der Waals surface area (Å²) < 4.78 is 14.7. The van der Waals surface area contributed by atoms with E-state index in [1.165, 1.54) is 12.1 Å². The molecule has 0 saturated heterocycles. The SMILES string of the molecule is C=Nn1c(-c2ccc(C)c(CNC=O)c2)cnc(Nc2ccc(F)cc2)c1=NC. The van der Waals surface area contributed by atoms with E-state index >= 15 is 0 Å². The Morgan fingerprint density at radius 2 is 2.00 bits per heavy atom. The summed E-state index contributed by atoms with van der Waals surface area (Å²) in [6.45, 7) is 6.07. The van der Waals surface area contributed by atoms with Gasteiger partial charge in [-0.2, -0.15) is 5.10 Å². The number of hydrogen-bond donors (Lipinski definition) is 2. The molecule has 3 aromatic rings. The van der Waals surface area contributed by atoms with Gasteiger partial charge in [0.1, 0.15) is 5.82 Å². The first kappa shape index (κ1) is 19.9. The molecule has 1 amide bonds. The van der Waals surface area contributed by atoms with E-state index in [9.17, 15) is 9.18 Å². The van der Waals surface area contributed by atoms with Gasteiger partial charge in [0.05, 0.1) is 11.9 Å². The molecule has 0 radical (unpaired) electrons. The van der Waals surface area contributed by atoms with Gasteiger partial charge in [0.25, 0.3) is 0 Å². The van der Waals surface area contributed by atoms with Crippen molar-refractivity contribution in [2.75, 3.05) is 12.4 Å². The zero-order valence-electron chi connectivity index (χ0n) is 16.2. The third-order valence-corrected chi connectivity index (χ3v) is 4.44. The summed E-state index contributed by atoms with van der Waals surface area (Å²) in [5.41, 5.74) is 4.73. The summed E-state index contributed by atoms with van der Waals surface area (Å²) in [7, 11) is 1.63. The number of amides is 1. The van der Waals surface area contributed by atoms with Crippen LogP contribution in [0.15, 0.2) is 58.8 Å². The van der Waals surface area contributed by atoms with E-state index in [1.807, 2.05) is 25.1 Å². The van der Waals surface area contributed by atoms with Gasteiger partial charge in [-0.3, -0.25) is 9.79 Å². The van der Waals surface area contributed by atoms with Gasteiger partial charge in [0, 0.05) is 31.6 Å². The number of nitrogens with one attached hydrogen (secondary N) is 2. The topological polar surface area (TPSA) is 83.7 Å². The Kier molecular flexibility index (Phi) is 6.13. The van der Waals surface area contributed by atoms with Crippen molar-refractivity contribution >= 4 is 24.6 Å². The molecule has 7 nitrogen and oxygen atoms in total. The van der Waals surface area contributed by atoms with Crippen LogP contribution in [0.5, 0.6) is 0 Å². The van der Waals surface area contributed by atoms with Gasteiger partial charge in [0.15, 0.2) is 11.3 Å². The maximum atomic E-state index is 13.2. The van der Waals surface area contributed by atoms with E-state index in [4.69, 9.17) is 0 Å². The van der Waals surface area contributed by atoms with Crippen LogP contribution in [0.1, 0.15) is 11.1 Å². The number of aromatic nitrogens is 2. The molecule has 1 aromatic heterocycles. The molecule has 3 rings (SSSR count). The maximum absolute atomic E-state index is 13.2. The average Bonchev–Trinajstić information content (AvgIpc) is 2.74. The van der Waals surface area contributed by atoms with Crippen molar-refractivity contribution in [2.45, 2.75) is 13.5 Å². The molecule has 0 spiro atoms. The Labute approximate surface area is 167 Å². The summed E-state index contributed by atoms with van der Waals surface area (Å²) in [6, 6.07) is 11.8. The second-order valence-corrected chi connectivity index (χ2v) is 6.26. The smallest absolute Gasteiger partial charge is 0.207 e. The number of halogens is 1. The number of nitrogens with zero attached hydrogens (tertiary/aromatic N) is 4. The normalized spacial score (nSPS) is 11.2. The number of carbonyl (C=O) groups is 1. The molecule has 148 valence electrons. The van der Waals surface area contributed by atoms with E-state index in [0.717, 1.165) is 16.7 Å². The quantitative estimate of drug-likeness (QED) is 0.479. The van der Waals surface area contributed by atoms with E-state index in [-0.39, 0.29) is 5.82 Å². The Hall–Kier alpha value is -3.81. The van der Waals surface area contributed by atoms with Crippen LogP contribution >= 0.6 is 0 Å². The van der Waals surface area contributed by atoms with E-state index in [0.29, 0.717) is 35.6 Å². The lowest BCUT2D eigenvalue weighted by Gasteiger charge is -2.14. The number of aryl methyl sites for hydroxylation is 1. The summed E-state index contributed by atoms with van der Waals surface area (Å²) in [4.78, 5) is 19.4. The first-order chi connectivity index (χ1) is 14.1. The molecule has 0 atom stereocenters. The van der Waals surface area contributed by atoms with Gasteiger partial charge >= 0.3 is 0 Å². The van der Waals surface area contributed by atoms with Gasteiger partial charge in [-0.05, 0) is 48.4 Å². The third-order valence-electron chi connectivity index (χ3n) is 4.44. The number of carbonyl (C=O) groups excluding carboxylic acids is 1. The van der Waals surface area contributed by atoms with Gasteiger partial charge < -0.3 is 10.6 Å². The van der Waals surface area contributed by atoms with E-state index < -0.39 is 0 Å². The zero-order chi connectivity index (χ0) is 20.8. The number of anilines is 2. The molecular formula is C21H21FN6O.